The van der Waals surface area contributed by atoms with E-state index >= 15 is 0 Å². The number of carbonyl (C=O) groups excluding carboxylic acids is 2. The van der Waals surface area contributed by atoms with E-state index in [-0.39, 0.29) is 48.0 Å². The first kappa shape index (κ1) is 23.8. The summed E-state index contributed by atoms with van der Waals surface area (Å²) in [5, 5.41) is 11.7. The van der Waals surface area contributed by atoms with Gasteiger partial charge in [0.25, 0.3) is 0 Å². The Hall–Kier alpha value is -1.30. The fourth-order valence-electron chi connectivity index (χ4n) is 7.46. The van der Waals surface area contributed by atoms with Crippen LogP contribution in [0.25, 0.3) is 0 Å². The van der Waals surface area contributed by atoms with Crippen LogP contribution in [0.4, 0.5) is 4.79 Å². The second-order valence-corrected chi connectivity index (χ2v) is 12.0. The standard InChI is InChI=1S/C26H43NO5/c1-15-9-8-11-18(27(15)25(30)32-26(3,4)5)14-21(28)23-19-12-7-6-10-17(19)13-20-22(23)16(2)31-24(20)29/h15-23,28H,6-14H2,1-5H3/t15-,16-,17+,18+,19-,20-,21-,22-,23-/m0/s1. The second kappa shape index (κ2) is 9.15. The van der Waals surface area contributed by atoms with Gasteiger partial charge in [0, 0.05) is 18.0 Å². The van der Waals surface area contributed by atoms with Gasteiger partial charge in [0.1, 0.15) is 11.7 Å². The summed E-state index contributed by atoms with van der Waals surface area (Å²) >= 11 is 0. The molecule has 0 aromatic heterocycles. The maximum Gasteiger partial charge on any atom is 0.410 e. The zero-order chi connectivity index (χ0) is 23.2. The number of amides is 1. The van der Waals surface area contributed by atoms with E-state index in [2.05, 4.69) is 6.92 Å². The lowest BCUT2D eigenvalue weighted by Crippen LogP contribution is -2.54. The molecule has 0 bridgehead atoms. The van der Waals surface area contributed by atoms with Gasteiger partial charge in [-0.25, -0.2) is 4.79 Å². The van der Waals surface area contributed by atoms with Crippen molar-refractivity contribution in [2.24, 2.45) is 29.6 Å². The van der Waals surface area contributed by atoms with Gasteiger partial charge in [0.15, 0.2) is 0 Å². The molecule has 2 heterocycles. The molecule has 2 saturated carbocycles. The van der Waals surface area contributed by atoms with E-state index < -0.39 is 11.7 Å². The van der Waals surface area contributed by atoms with Crippen molar-refractivity contribution in [2.45, 2.75) is 122 Å². The first-order valence-corrected chi connectivity index (χ1v) is 13.0. The quantitative estimate of drug-likeness (QED) is 0.619. The number of fused-ring (bicyclic) bond motifs is 2. The molecule has 0 spiro atoms. The van der Waals surface area contributed by atoms with E-state index in [0.717, 1.165) is 38.5 Å². The molecule has 2 aliphatic heterocycles. The van der Waals surface area contributed by atoms with Gasteiger partial charge in [0.2, 0.25) is 0 Å². The molecular formula is C26H43NO5. The summed E-state index contributed by atoms with van der Waals surface area (Å²) in [5.74, 6) is 0.982. The minimum Gasteiger partial charge on any atom is -0.462 e. The average molecular weight is 450 g/mol. The lowest BCUT2D eigenvalue weighted by Gasteiger charge is -2.50. The van der Waals surface area contributed by atoms with E-state index in [1.165, 1.54) is 12.8 Å². The number of hydrogen-bond acceptors (Lipinski definition) is 5. The number of esters is 1. The van der Waals surface area contributed by atoms with Crippen LogP contribution in [0, 0.1) is 29.6 Å². The van der Waals surface area contributed by atoms with Crippen molar-refractivity contribution in [3.63, 3.8) is 0 Å². The van der Waals surface area contributed by atoms with Crippen LogP contribution in [0.1, 0.15) is 92.4 Å². The van der Waals surface area contributed by atoms with Crippen molar-refractivity contribution in [1.29, 1.82) is 0 Å². The van der Waals surface area contributed by atoms with E-state index in [4.69, 9.17) is 9.47 Å². The van der Waals surface area contributed by atoms with Gasteiger partial charge in [-0.15, -0.1) is 0 Å². The van der Waals surface area contributed by atoms with Gasteiger partial charge in [0.05, 0.1) is 12.0 Å². The minimum absolute atomic E-state index is 0.0284. The van der Waals surface area contributed by atoms with Gasteiger partial charge >= 0.3 is 12.1 Å². The van der Waals surface area contributed by atoms with Crippen LogP contribution in [0.15, 0.2) is 0 Å². The number of likely N-dealkylation sites (tertiary alicyclic amines) is 1. The molecule has 2 saturated heterocycles. The molecule has 0 unspecified atom stereocenters. The Morgan fingerprint density at radius 2 is 1.88 bits per heavy atom. The van der Waals surface area contributed by atoms with Crippen LogP contribution in [-0.4, -0.2) is 52.0 Å². The summed E-state index contributed by atoms with van der Waals surface area (Å²) in [4.78, 5) is 27.5. The molecule has 2 aliphatic carbocycles. The number of aliphatic hydroxyl groups is 1. The molecule has 4 fully saturated rings. The van der Waals surface area contributed by atoms with Crippen molar-refractivity contribution in [3.05, 3.63) is 0 Å². The largest absolute Gasteiger partial charge is 0.462 e. The number of cyclic esters (lactones) is 1. The molecule has 1 amide bonds. The Labute approximate surface area is 193 Å². The summed E-state index contributed by atoms with van der Waals surface area (Å²) < 4.78 is 11.4. The van der Waals surface area contributed by atoms with Crippen LogP contribution in [0.3, 0.4) is 0 Å². The van der Waals surface area contributed by atoms with E-state index in [1.54, 1.807) is 0 Å². The Kier molecular flexibility index (Phi) is 6.82. The number of carbonyl (C=O) groups is 2. The highest BCUT2D eigenvalue weighted by Gasteiger charge is 2.56. The summed E-state index contributed by atoms with van der Waals surface area (Å²) in [6.45, 7) is 9.77. The third-order valence-electron chi connectivity index (χ3n) is 8.66. The molecule has 0 aromatic carbocycles. The third-order valence-corrected chi connectivity index (χ3v) is 8.66. The maximum atomic E-state index is 13.1. The van der Waals surface area contributed by atoms with Gasteiger partial charge in [-0.2, -0.15) is 0 Å². The summed E-state index contributed by atoms with van der Waals surface area (Å²) in [5.41, 5.74) is -0.541. The van der Waals surface area contributed by atoms with Crippen molar-refractivity contribution < 1.29 is 24.2 Å². The Balaban J connectivity index is 1.55. The Morgan fingerprint density at radius 3 is 2.59 bits per heavy atom. The van der Waals surface area contributed by atoms with Crippen molar-refractivity contribution in [3.8, 4) is 0 Å². The zero-order valence-electron chi connectivity index (χ0n) is 20.6. The molecule has 0 aromatic rings. The molecule has 4 rings (SSSR count). The number of hydrogen-bond donors (Lipinski definition) is 1. The van der Waals surface area contributed by atoms with Crippen molar-refractivity contribution >= 4 is 12.1 Å². The SMILES string of the molecule is C[C@@H]1OC(=O)[C@H]2C[C@H]3CCCC[C@@H]3[C@@H]([C@@H](O)C[C@H]3CCC[C@H](C)N3C(=O)OC(C)(C)C)[C@@H]12. The minimum atomic E-state index is -0.541. The van der Waals surface area contributed by atoms with Crippen LogP contribution < -0.4 is 0 Å². The van der Waals surface area contributed by atoms with Gasteiger partial charge < -0.3 is 19.5 Å². The average Bonchev–Trinajstić information content (AvgIpc) is 2.98. The zero-order valence-corrected chi connectivity index (χ0v) is 20.6. The van der Waals surface area contributed by atoms with Gasteiger partial charge in [-0.3, -0.25) is 4.79 Å². The predicted molar refractivity (Wildman–Crippen MR) is 122 cm³/mol. The summed E-state index contributed by atoms with van der Waals surface area (Å²) in [6, 6.07) is 0.0759. The van der Waals surface area contributed by atoms with E-state index in [9.17, 15) is 14.7 Å². The molecule has 6 nitrogen and oxygen atoms in total. The number of ether oxygens (including phenoxy) is 2. The molecule has 4 aliphatic rings. The second-order valence-electron chi connectivity index (χ2n) is 12.0. The summed E-state index contributed by atoms with van der Waals surface area (Å²) in [6.07, 6.45) is 8.15. The molecule has 32 heavy (non-hydrogen) atoms. The fourth-order valence-corrected chi connectivity index (χ4v) is 7.46. The van der Waals surface area contributed by atoms with Crippen molar-refractivity contribution in [1.82, 2.24) is 4.90 Å². The molecule has 6 heteroatoms. The van der Waals surface area contributed by atoms with Crippen molar-refractivity contribution in [2.75, 3.05) is 0 Å². The summed E-state index contributed by atoms with van der Waals surface area (Å²) in [7, 11) is 0. The molecular weight excluding hydrogens is 406 g/mol. The highest BCUT2D eigenvalue weighted by atomic mass is 16.6. The third kappa shape index (κ3) is 4.67. The first-order valence-electron chi connectivity index (χ1n) is 13.0. The van der Waals surface area contributed by atoms with Crippen LogP contribution >= 0.6 is 0 Å². The Bertz CT molecular complexity index is 703. The first-order chi connectivity index (χ1) is 15.1. The van der Waals surface area contributed by atoms with Crippen LogP contribution in [-0.2, 0) is 14.3 Å². The molecule has 0 radical (unpaired) electrons. The van der Waals surface area contributed by atoms with E-state index in [1.807, 2.05) is 32.6 Å². The number of aliphatic hydroxyl groups excluding tert-OH is 1. The fraction of sp³-hybridized carbons (Fsp3) is 0.923. The maximum absolute atomic E-state index is 13.1. The highest BCUT2D eigenvalue weighted by Crippen LogP contribution is 2.54. The Morgan fingerprint density at radius 1 is 1.16 bits per heavy atom. The normalized spacial score (nSPS) is 40.8. The highest BCUT2D eigenvalue weighted by molar-refractivity contribution is 5.75. The van der Waals surface area contributed by atoms with E-state index in [0.29, 0.717) is 18.3 Å². The van der Waals surface area contributed by atoms with Gasteiger partial charge in [-0.1, -0.05) is 19.3 Å². The smallest absolute Gasteiger partial charge is 0.410 e. The number of rotatable bonds is 3. The van der Waals surface area contributed by atoms with Crippen LogP contribution in [0.2, 0.25) is 0 Å². The molecule has 182 valence electrons. The lowest BCUT2D eigenvalue weighted by molar-refractivity contribution is -0.144. The number of nitrogens with zero attached hydrogens (tertiary/aromatic N) is 1. The van der Waals surface area contributed by atoms with Gasteiger partial charge in [-0.05, 0) is 90.9 Å². The van der Waals surface area contributed by atoms with Crippen LogP contribution in [0.5, 0.6) is 0 Å². The lowest BCUT2D eigenvalue weighted by atomic mass is 9.55. The topological polar surface area (TPSA) is 76.1 Å². The molecule has 9 atom stereocenters. The number of piperidine rings is 1. The molecule has 1 N–H and O–H groups in total. The monoisotopic (exact) mass is 449 g/mol. The predicted octanol–water partition coefficient (Wildman–Crippen LogP) is 4.92.